The first-order chi connectivity index (χ1) is 8.55. The van der Waals surface area contributed by atoms with Gasteiger partial charge < -0.3 is 10.4 Å². The Morgan fingerprint density at radius 3 is 2.37 bits per heavy atom. The van der Waals surface area contributed by atoms with Crippen molar-refractivity contribution in [1.29, 1.82) is 0 Å². The maximum absolute atomic E-state index is 10.2. The van der Waals surface area contributed by atoms with E-state index in [0.29, 0.717) is 0 Å². The second-order valence-corrected chi connectivity index (χ2v) is 8.08. The molecule has 3 heteroatoms. The molecular weight excluding hydrogens is 236 g/mol. The summed E-state index contributed by atoms with van der Waals surface area (Å²) in [4.78, 5) is 2.44. The van der Waals surface area contributed by atoms with Crippen LogP contribution < -0.4 is 5.32 Å². The summed E-state index contributed by atoms with van der Waals surface area (Å²) in [5.74, 6) is 0. The second kappa shape index (κ2) is 6.11. The summed E-state index contributed by atoms with van der Waals surface area (Å²) in [5, 5.41) is 13.9. The largest absolute Gasteiger partial charge is 0.389 e. The summed E-state index contributed by atoms with van der Waals surface area (Å²) in [7, 11) is 0. The van der Waals surface area contributed by atoms with Crippen molar-refractivity contribution < 1.29 is 5.11 Å². The lowest BCUT2D eigenvalue weighted by Crippen LogP contribution is -2.52. The number of β-amino-alcohol motifs (C(OH)–C–C–N with tert-alkyl or cyclic N) is 1. The number of piperidine rings is 1. The van der Waals surface area contributed by atoms with Gasteiger partial charge in [-0.05, 0) is 58.9 Å². The fraction of sp³-hybridized carbons (Fsp3) is 1.00. The average molecular weight is 270 g/mol. The standard InChI is InChI=1S/C16H34N2O/c1-7-15(5,11-17-14(2,3)4)12-18-10-8-9-16(6,19)13-18/h17,19H,7-13H2,1-6H3. The topological polar surface area (TPSA) is 35.5 Å². The van der Waals surface area contributed by atoms with Gasteiger partial charge in [0, 0.05) is 25.2 Å². The molecule has 2 unspecified atom stereocenters. The third-order valence-electron chi connectivity index (χ3n) is 4.26. The SMILES string of the molecule is CCC(C)(CNC(C)(C)C)CN1CCCC(C)(O)C1. The smallest absolute Gasteiger partial charge is 0.0746 e. The third-order valence-corrected chi connectivity index (χ3v) is 4.26. The van der Waals surface area contributed by atoms with Crippen molar-refractivity contribution in [3.8, 4) is 0 Å². The summed E-state index contributed by atoms with van der Waals surface area (Å²) < 4.78 is 0. The van der Waals surface area contributed by atoms with Gasteiger partial charge in [-0.3, -0.25) is 4.90 Å². The van der Waals surface area contributed by atoms with Crippen LogP contribution in [0.4, 0.5) is 0 Å². The van der Waals surface area contributed by atoms with Gasteiger partial charge in [-0.1, -0.05) is 13.8 Å². The second-order valence-electron chi connectivity index (χ2n) is 8.08. The molecule has 2 atom stereocenters. The first-order valence-corrected chi connectivity index (χ1v) is 7.75. The van der Waals surface area contributed by atoms with Crippen molar-refractivity contribution in [2.75, 3.05) is 26.2 Å². The Morgan fingerprint density at radius 1 is 1.26 bits per heavy atom. The molecule has 1 saturated heterocycles. The van der Waals surface area contributed by atoms with Gasteiger partial charge >= 0.3 is 0 Å². The summed E-state index contributed by atoms with van der Waals surface area (Å²) in [6.45, 7) is 17.3. The molecule has 19 heavy (non-hydrogen) atoms. The molecule has 1 rings (SSSR count). The molecule has 114 valence electrons. The van der Waals surface area contributed by atoms with Gasteiger partial charge in [0.05, 0.1) is 5.60 Å². The Labute approximate surface area is 119 Å². The fourth-order valence-electron chi connectivity index (χ4n) is 2.77. The quantitative estimate of drug-likeness (QED) is 0.806. The van der Waals surface area contributed by atoms with Gasteiger partial charge in [0.25, 0.3) is 0 Å². The molecule has 0 aromatic heterocycles. The number of hydrogen-bond acceptors (Lipinski definition) is 3. The van der Waals surface area contributed by atoms with Crippen molar-refractivity contribution in [3.63, 3.8) is 0 Å². The number of rotatable bonds is 5. The number of aliphatic hydroxyl groups is 1. The highest BCUT2D eigenvalue weighted by molar-refractivity contribution is 4.88. The molecular formula is C16H34N2O. The normalized spacial score (nSPS) is 29.2. The lowest BCUT2D eigenvalue weighted by Gasteiger charge is -2.42. The summed E-state index contributed by atoms with van der Waals surface area (Å²) in [5.41, 5.74) is -0.0467. The van der Waals surface area contributed by atoms with Crippen LogP contribution in [-0.2, 0) is 0 Å². The molecule has 0 bridgehead atoms. The zero-order valence-electron chi connectivity index (χ0n) is 13.8. The van der Waals surface area contributed by atoms with Gasteiger partial charge in [0.15, 0.2) is 0 Å². The van der Waals surface area contributed by atoms with Crippen molar-refractivity contribution in [3.05, 3.63) is 0 Å². The first kappa shape index (κ1) is 16.9. The van der Waals surface area contributed by atoms with Gasteiger partial charge in [0.2, 0.25) is 0 Å². The van der Waals surface area contributed by atoms with E-state index < -0.39 is 5.60 Å². The maximum atomic E-state index is 10.2. The van der Waals surface area contributed by atoms with Crippen LogP contribution >= 0.6 is 0 Å². The Bertz CT molecular complexity index is 283. The number of nitrogens with zero attached hydrogens (tertiary/aromatic N) is 1. The van der Waals surface area contributed by atoms with Crippen LogP contribution in [0.5, 0.6) is 0 Å². The Morgan fingerprint density at radius 2 is 1.89 bits per heavy atom. The highest BCUT2D eigenvalue weighted by atomic mass is 16.3. The highest BCUT2D eigenvalue weighted by Gasteiger charge is 2.33. The van der Waals surface area contributed by atoms with Crippen LogP contribution in [0.3, 0.4) is 0 Å². The van der Waals surface area contributed by atoms with Crippen molar-refractivity contribution in [2.45, 2.75) is 71.9 Å². The molecule has 0 amide bonds. The molecule has 0 radical (unpaired) electrons. The molecule has 2 N–H and O–H groups in total. The van der Waals surface area contributed by atoms with Crippen molar-refractivity contribution >= 4 is 0 Å². The van der Waals surface area contributed by atoms with Gasteiger partial charge in [-0.2, -0.15) is 0 Å². The predicted octanol–water partition coefficient (Wildman–Crippen LogP) is 2.64. The minimum Gasteiger partial charge on any atom is -0.389 e. The van der Waals surface area contributed by atoms with Crippen LogP contribution in [0.2, 0.25) is 0 Å². The Balaban J connectivity index is 2.55. The fourth-order valence-corrected chi connectivity index (χ4v) is 2.77. The average Bonchev–Trinajstić information content (AvgIpc) is 2.24. The van der Waals surface area contributed by atoms with Crippen LogP contribution in [-0.4, -0.2) is 47.3 Å². The molecule has 0 saturated carbocycles. The number of likely N-dealkylation sites (tertiary alicyclic amines) is 1. The highest BCUT2D eigenvalue weighted by Crippen LogP contribution is 2.27. The third kappa shape index (κ3) is 6.24. The van der Waals surface area contributed by atoms with E-state index in [-0.39, 0.29) is 11.0 Å². The lowest BCUT2D eigenvalue weighted by atomic mass is 9.84. The molecule has 1 aliphatic rings. The predicted molar refractivity (Wildman–Crippen MR) is 82.5 cm³/mol. The molecule has 1 heterocycles. The van der Waals surface area contributed by atoms with E-state index in [0.717, 1.165) is 45.4 Å². The number of hydrogen-bond donors (Lipinski definition) is 2. The maximum Gasteiger partial charge on any atom is 0.0746 e. The van der Waals surface area contributed by atoms with E-state index in [1.807, 2.05) is 6.92 Å². The van der Waals surface area contributed by atoms with Gasteiger partial charge in [-0.25, -0.2) is 0 Å². The molecule has 1 fully saturated rings. The van der Waals surface area contributed by atoms with E-state index in [9.17, 15) is 5.11 Å². The molecule has 0 aromatic rings. The molecule has 3 nitrogen and oxygen atoms in total. The summed E-state index contributed by atoms with van der Waals surface area (Å²) in [6, 6.07) is 0. The minimum absolute atomic E-state index is 0.170. The van der Waals surface area contributed by atoms with Gasteiger partial charge in [0.1, 0.15) is 0 Å². The zero-order valence-corrected chi connectivity index (χ0v) is 13.8. The molecule has 0 aromatic carbocycles. The van der Waals surface area contributed by atoms with Crippen LogP contribution in [0.25, 0.3) is 0 Å². The summed E-state index contributed by atoms with van der Waals surface area (Å²) in [6.07, 6.45) is 3.21. The van der Waals surface area contributed by atoms with Crippen LogP contribution in [0.1, 0.15) is 60.8 Å². The Kier molecular flexibility index (Phi) is 5.44. The van der Waals surface area contributed by atoms with Crippen molar-refractivity contribution in [1.82, 2.24) is 10.2 Å². The van der Waals surface area contributed by atoms with Crippen molar-refractivity contribution in [2.24, 2.45) is 5.41 Å². The first-order valence-electron chi connectivity index (χ1n) is 7.75. The monoisotopic (exact) mass is 270 g/mol. The molecule has 1 aliphatic heterocycles. The zero-order chi connectivity index (χ0) is 14.7. The molecule has 0 aliphatic carbocycles. The van der Waals surface area contributed by atoms with E-state index in [1.54, 1.807) is 0 Å². The van der Waals surface area contributed by atoms with E-state index in [1.165, 1.54) is 0 Å². The minimum atomic E-state index is -0.496. The van der Waals surface area contributed by atoms with E-state index in [4.69, 9.17) is 0 Å². The van der Waals surface area contributed by atoms with Gasteiger partial charge in [-0.15, -0.1) is 0 Å². The van der Waals surface area contributed by atoms with Crippen LogP contribution in [0, 0.1) is 5.41 Å². The van der Waals surface area contributed by atoms with E-state index in [2.05, 4.69) is 44.8 Å². The lowest BCUT2D eigenvalue weighted by molar-refractivity contribution is -0.0277. The Hall–Kier alpha value is -0.120. The molecule has 0 spiro atoms. The van der Waals surface area contributed by atoms with Crippen LogP contribution in [0.15, 0.2) is 0 Å². The number of nitrogens with one attached hydrogen (secondary N) is 1. The van der Waals surface area contributed by atoms with E-state index >= 15 is 0 Å². The summed E-state index contributed by atoms with van der Waals surface area (Å²) >= 11 is 0.